The average Bonchev–Trinajstić information content (AvgIpc) is 2.84. The van der Waals surface area contributed by atoms with Gasteiger partial charge in [0.25, 0.3) is 0 Å². The highest BCUT2D eigenvalue weighted by Gasteiger charge is 2.42. The maximum absolute atomic E-state index is 5.87. The molecule has 1 spiro atoms. The number of hydrogen-bond acceptors (Lipinski definition) is 5. The van der Waals surface area contributed by atoms with E-state index in [0.29, 0.717) is 5.41 Å². The molecule has 3 rings (SSSR count). The Labute approximate surface area is 120 Å². The average molecular weight is 277 g/mol. The summed E-state index contributed by atoms with van der Waals surface area (Å²) >= 11 is 0. The largest absolute Gasteiger partial charge is 0.382 e. The SMILES string of the molecule is COC[C@H]1CC2(CCN(c3ccc(C)nn3)CC2)CO1. The molecule has 20 heavy (non-hydrogen) atoms. The number of hydrogen-bond donors (Lipinski definition) is 0. The van der Waals surface area contributed by atoms with Crippen molar-refractivity contribution in [1.82, 2.24) is 10.2 Å². The Hall–Kier alpha value is -1.20. The maximum Gasteiger partial charge on any atom is 0.151 e. The third-order valence-electron chi connectivity index (χ3n) is 4.57. The van der Waals surface area contributed by atoms with Crippen molar-refractivity contribution in [2.75, 3.05) is 38.3 Å². The fourth-order valence-corrected chi connectivity index (χ4v) is 3.31. The molecule has 1 aromatic rings. The Bertz CT molecular complexity index is 441. The first-order valence-corrected chi connectivity index (χ1v) is 7.37. The van der Waals surface area contributed by atoms with E-state index in [-0.39, 0.29) is 6.10 Å². The van der Waals surface area contributed by atoms with E-state index in [1.54, 1.807) is 7.11 Å². The number of methoxy groups -OCH3 is 1. The highest BCUT2D eigenvalue weighted by atomic mass is 16.5. The molecule has 3 heterocycles. The molecule has 110 valence electrons. The molecule has 0 unspecified atom stereocenters. The summed E-state index contributed by atoms with van der Waals surface area (Å²) in [6, 6.07) is 4.10. The zero-order chi connectivity index (χ0) is 14.0. The van der Waals surface area contributed by atoms with Crippen LogP contribution in [0.3, 0.4) is 0 Å². The second-order valence-corrected chi connectivity index (χ2v) is 6.11. The summed E-state index contributed by atoms with van der Waals surface area (Å²) < 4.78 is 11.1. The summed E-state index contributed by atoms with van der Waals surface area (Å²) in [6.45, 7) is 5.65. The van der Waals surface area contributed by atoms with Gasteiger partial charge in [-0.05, 0) is 43.7 Å². The van der Waals surface area contributed by atoms with Gasteiger partial charge in [-0.1, -0.05) is 0 Å². The van der Waals surface area contributed by atoms with Crippen LogP contribution in [0.1, 0.15) is 25.0 Å². The zero-order valence-electron chi connectivity index (χ0n) is 12.3. The van der Waals surface area contributed by atoms with Crippen LogP contribution in [0.5, 0.6) is 0 Å². The van der Waals surface area contributed by atoms with Gasteiger partial charge in [-0.25, -0.2) is 0 Å². The van der Waals surface area contributed by atoms with E-state index in [1.165, 1.54) is 12.8 Å². The van der Waals surface area contributed by atoms with Crippen molar-refractivity contribution in [3.05, 3.63) is 17.8 Å². The van der Waals surface area contributed by atoms with Crippen molar-refractivity contribution < 1.29 is 9.47 Å². The minimum Gasteiger partial charge on any atom is -0.382 e. The second kappa shape index (κ2) is 5.66. The van der Waals surface area contributed by atoms with E-state index >= 15 is 0 Å². The van der Waals surface area contributed by atoms with Crippen molar-refractivity contribution in [1.29, 1.82) is 0 Å². The Morgan fingerprint density at radius 3 is 2.80 bits per heavy atom. The lowest BCUT2D eigenvalue weighted by Crippen LogP contribution is -2.41. The smallest absolute Gasteiger partial charge is 0.151 e. The Morgan fingerprint density at radius 1 is 1.35 bits per heavy atom. The van der Waals surface area contributed by atoms with Crippen LogP contribution < -0.4 is 4.90 Å². The molecule has 1 aromatic heterocycles. The van der Waals surface area contributed by atoms with Crippen molar-refractivity contribution in [2.24, 2.45) is 5.41 Å². The molecular formula is C15H23N3O2. The van der Waals surface area contributed by atoms with Gasteiger partial charge in [-0.2, -0.15) is 5.10 Å². The van der Waals surface area contributed by atoms with Gasteiger partial charge in [-0.15, -0.1) is 5.10 Å². The zero-order valence-corrected chi connectivity index (χ0v) is 12.3. The fraction of sp³-hybridized carbons (Fsp3) is 0.733. The van der Waals surface area contributed by atoms with Crippen LogP contribution in [0.2, 0.25) is 0 Å². The molecule has 0 N–H and O–H groups in total. The van der Waals surface area contributed by atoms with Gasteiger partial charge in [0.15, 0.2) is 5.82 Å². The maximum atomic E-state index is 5.87. The lowest BCUT2D eigenvalue weighted by atomic mass is 9.77. The first-order valence-electron chi connectivity index (χ1n) is 7.37. The fourth-order valence-electron chi connectivity index (χ4n) is 3.31. The van der Waals surface area contributed by atoms with Crippen molar-refractivity contribution >= 4 is 5.82 Å². The molecular weight excluding hydrogens is 254 g/mol. The summed E-state index contributed by atoms with van der Waals surface area (Å²) in [5.41, 5.74) is 1.33. The van der Waals surface area contributed by atoms with Crippen LogP contribution in [0.15, 0.2) is 12.1 Å². The first kappa shape index (κ1) is 13.8. The molecule has 0 aliphatic carbocycles. The molecule has 0 saturated carbocycles. The first-order chi connectivity index (χ1) is 9.71. The topological polar surface area (TPSA) is 47.5 Å². The Morgan fingerprint density at radius 2 is 2.15 bits per heavy atom. The van der Waals surface area contributed by atoms with Gasteiger partial charge in [0.05, 0.1) is 25.0 Å². The number of aromatic nitrogens is 2. The van der Waals surface area contributed by atoms with Gasteiger partial charge in [0, 0.05) is 20.2 Å². The van der Waals surface area contributed by atoms with E-state index in [0.717, 1.165) is 44.2 Å². The predicted octanol–water partition coefficient (Wildman–Crippen LogP) is 1.81. The van der Waals surface area contributed by atoms with Gasteiger partial charge < -0.3 is 14.4 Å². The highest BCUT2D eigenvalue weighted by Crippen LogP contribution is 2.42. The predicted molar refractivity (Wildman–Crippen MR) is 76.9 cm³/mol. The van der Waals surface area contributed by atoms with Gasteiger partial charge in [0.2, 0.25) is 0 Å². The molecule has 5 nitrogen and oxygen atoms in total. The lowest BCUT2D eigenvalue weighted by Gasteiger charge is -2.38. The van der Waals surface area contributed by atoms with Crippen LogP contribution in [0.25, 0.3) is 0 Å². The van der Waals surface area contributed by atoms with Crippen LogP contribution in [-0.4, -0.2) is 49.7 Å². The minimum absolute atomic E-state index is 0.283. The van der Waals surface area contributed by atoms with Crippen molar-refractivity contribution in [3.8, 4) is 0 Å². The second-order valence-electron chi connectivity index (χ2n) is 6.11. The third kappa shape index (κ3) is 2.79. The number of ether oxygens (including phenoxy) is 2. The van der Waals surface area contributed by atoms with Crippen LogP contribution in [0.4, 0.5) is 5.82 Å². The van der Waals surface area contributed by atoms with Crippen LogP contribution >= 0.6 is 0 Å². The third-order valence-corrected chi connectivity index (χ3v) is 4.57. The molecule has 1 atom stereocenters. The Kier molecular flexibility index (Phi) is 3.89. The number of aryl methyl sites for hydroxylation is 1. The van der Waals surface area contributed by atoms with Crippen LogP contribution in [0, 0.1) is 12.3 Å². The number of nitrogens with zero attached hydrogens (tertiary/aromatic N) is 3. The Balaban J connectivity index is 1.58. The van der Waals surface area contributed by atoms with Crippen LogP contribution in [-0.2, 0) is 9.47 Å². The lowest BCUT2D eigenvalue weighted by molar-refractivity contribution is 0.0328. The minimum atomic E-state index is 0.283. The number of anilines is 1. The van der Waals surface area contributed by atoms with E-state index in [9.17, 15) is 0 Å². The molecule has 2 saturated heterocycles. The summed E-state index contributed by atoms with van der Waals surface area (Å²) in [4.78, 5) is 2.33. The van der Waals surface area contributed by atoms with Gasteiger partial charge in [0.1, 0.15) is 0 Å². The normalized spacial score (nSPS) is 25.3. The molecule has 5 heteroatoms. The monoisotopic (exact) mass is 277 g/mol. The summed E-state index contributed by atoms with van der Waals surface area (Å²) in [5.74, 6) is 0.998. The molecule has 2 aliphatic heterocycles. The van der Waals surface area contributed by atoms with Gasteiger partial charge in [-0.3, -0.25) is 0 Å². The summed E-state index contributed by atoms with van der Waals surface area (Å²) in [5, 5.41) is 8.43. The van der Waals surface area contributed by atoms with E-state index < -0.39 is 0 Å². The van der Waals surface area contributed by atoms with E-state index in [2.05, 4.69) is 21.2 Å². The molecule has 0 amide bonds. The molecule has 2 fully saturated rings. The number of rotatable bonds is 3. The van der Waals surface area contributed by atoms with Crippen molar-refractivity contribution in [2.45, 2.75) is 32.3 Å². The standard InChI is InChI=1S/C15H23N3O2/c1-12-3-4-14(17-16-12)18-7-5-15(6-8-18)9-13(10-19-2)20-11-15/h3-4,13H,5-11H2,1-2H3/t13-/m1/s1. The summed E-state index contributed by atoms with van der Waals surface area (Å²) in [7, 11) is 1.74. The molecule has 2 aliphatic rings. The van der Waals surface area contributed by atoms with Crippen molar-refractivity contribution in [3.63, 3.8) is 0 Å². The molecule has 0 aromatic carbocycles. The molecule has 0 bridgehead atoms. The van der Waals surface area contributed by atoms with Gasteiger partial charge >= 0.3 is 0 Å². The van der Waals surface area contributed by atoms with E-state index in [1.807, 2.05) is 13.0 Å². The molecule has 0 radical (unpaired) electrons. The van der Waals surface area contributed by atoms with E-state index in [4.69, 9.17) is 9.47 Å². The highest BCUT2D eigenvalue weighted by molar-refractivity contribution is 5.38. The number of piperidine rings is 1. The quantitative estimate of drug-likeness (QED) is 0.843. The summed E-state index contributed by atoms with van der Waals surface area (Å²) in [6.07, 6.45) is 3.76.